The summed E-state index contributed by atoms with van der Waals surface area (Å²) >= 11 is 0. The molecule has 0 bridgehead atoms. The maximum absolute atomic E-state index is 11.8. The van der Waals surface area contributed by atoms with Crippen LogP contribution in [0.25, 0.3) is 0 Å². The molecule has 0 aromatic rings. The van der Waals surface area contributed by atoms with E-state index in [0.717, 1.165) is 32.2 Å². The summed E-state index contributed by atoms with van der Waals surface area (Å²) < 4.78 is 40.3. The van der Waals surface area contributed by atoms with E-state index >= 15 is 0 Å². The highest BCUT2D eigenvalue weighted by Crippen LogP contribution is 2.19. The van der Waals surface area contributed by atoms with Crippen molar-refractivity contribution in [1.82, 2.24) is 5.32 Å². The minimum Gasteiger partial charge on any atom is -0.381 e. The summed E-state index contributed by atoms with van der Waals surface area (Å²) in [4.78, 5) is 0. The van der Waals surface area contributed by atoms with E-state index in [9.17, 15) is 13.2 Å². The van der Waals surface area contributed by atoms with Gasteiger partial charge >= 0.3 is 6.18 Å². The number of hydrogen-bond acceptors (Lipinski definition) is 2. The van der Waals surface area contributed by atoms with E-state index in [4.69, 9.17) is 4.74 Å². The second-order valence-corrected chi connectivity index (χ2v) is 5.57. The Hall–Kier alpha value is -0.290. The average Bonchev–Trinajstić information content (AvgIpc) is 2.17. The smallest absolute Gasteiger partial charge is 0.381 e. The molecule has 0 unspecified atom stereocenters. The zero-order valence-corrected chi connectivity index (χ0v) is 11.7. The second-order valence-electron chi connectivity index (χ2n) is 5.57. The first kappa shape index (κ1) is 17.7. The molecule has 1 N–H and O–H groups in total. The van der Waals surface area contributed by atoms with Gasteiger partial charge in [0.2, 0.25) is 0 Å². The van der Waals surface area contributed by atoms with Crippen LogP contribution >= 0.6 is 0 Å². The third-order valence-corrected chi connectivity index (χ3v) is 2.40. The molecule has 0 rings (SSSR count). The summed E-state index contributed by atoms with van der Waals surface area (Å²) in [7, 11) is 0. The lowest BCUT2D eigenvalue weighted by Crippen LogP contribution is -2.36. The molecule has 0 spiro atoms. The maximum Gasteiger partial charge on any atom is 0.391 e. The Bertz CT molecular complexity index is 177. The molecular formula is C13H26F3NO. The van der Waals surface area contributed by atoms with Gasteiger partial charge in [-0.3, -0.25) is 0 Å². The van der Waals surface area contributed by atoms with Gasteiger partial charge in [0.25, 0.3) is 0 Å². The van der Waals surface area contributed by atoms with Crippen LogP contribution in [-0.2, 0) is 4.74 Å². The van der Waals surface area contributed by atoms with Crippen molar-refractivity contribution in [1.29, 1.82) is 0 Å². The Labute approximate surface area is 108 Å². The zero-order chi connectivity index (χ0) is 14.1. The van der Waals surface area contributed by atoms with E-state index < -0.39 is 12.6 Å². The van der Waals surface area contributed by atoms with Gasteiger partial charge in [-0.05, 0) is 40.2 Å². The number of ether oxygens (including phenoxy) is 1. The van der Waals surface area contributed by atoms with Crippen molar-refractivity contribution in [2.45, 2.75) is 64.6 Å². The summed E-state index contributed by atoms with van der Waals surface area (Å²) in [5.74, 6) is 0. The Morgan fingerprint density at radius 3 is 2.06 bits per heavy atom. The van der Waals surface area contributed by atoms with Gasteiger partial charge in [-0.1, -0.05) is 12.8 Å². The maximum atomic E-state index is 11.8. The lowest BCUT2D eigenvalue weighted by molar-refractivity contribution is -0.145. The molecule has 0 atom stereocenters. The van der Waals surface area contributed by atoms with E-state index in [-0.39, 0.29) is 12.1 Å². The molecule has 0 aromatic heterocycles. The number of hydrogen-bond donors (Lipinski definition) is 1. The highest BCUT2D eigenvalue weighted by Gasteiger charge is 2.26. The average molecular weight is 269 g/mol. The molecule has 0 heterocycles. The molecule has 110 valence electrons. The topological polar surface area (TPSA) is 21.3 Å². The fourth-order valence-corrected chi connectivity index (χ4v) is 1.44. The van der Waals surface area contributed by atoms with Crippen molar-refractivity contribution >= 4 is 0 Å². The Kier molecular flexibility index (Phi) is 8.61. The van der Waals surface area contributed by atoms with Gasteiger partial charge in [-0.15, -0.1) is 0 Å². The molecule has 0 saturated carbocycles. The van der Waals surface area contributed by atoms with E-state index in [1.807, 2.05) is 0 Å². The Morgan fingerprint density at radius 2 is 1.50 bits per heavy atom. The third-order valence-electron chi connectivity index (χ3n) is 2.40. The molecule has 18 heavy (non-hydrogen) atoms. The molecule has 0 radical (unpaired) electrons. The quantitative estimate of drug-likeness (QED) is 0.641. The standard InChI is InChI=1S/C13H26F3NO/c1-12(2,3)17-9-6-4-5-7-10-18-11-8-13(14,15)16/h17H,4-11H2,1-3H3. The molecule has 0 saturated heterocycles. The zero-order valence-electron chi connectivity index (χ0n) is 11.7. The molecule has 0 aliphatic heterocycles. The lowest BCUT2D eigenvalue weighted by Gasteiger charge is -2.20. The highest BCUT2D eigenvalue weighted by atomic mass is 19.4. The van der Waals surface area contributed by atoms with Gasteiger partial charge < -0.3 is 10.1 Å². The first-order valence-corrected chi connectivity index (χ1v) is 6.60. The van der Waals surface area contributed by atoms with Gasteiger partial charge in [0.15, 0.2) is 0 Å². The predicted octanol–water partition coefficient (Wildman–Crippen LogP) is 3.90. The highest BCUT2D eigenvalue weighted by molar-refractivity contribution is 4.69. The predicted molar refractivity (Wildman–Crippen MR) is 67.7 cm³/mol. The van der Waals surface area contributed by atoms with E-state index in [1.54, 1.807) is 0 Å². The van der Waals surface area contributed by atoms with Crippen LogP contribution in [-0.4, -0.2) is 31.5 Å². The summed E-state index contributed by atoms with van der Waals surface area (Å²) in [6.45, 7) is 7.58. The summed E-state index contributed by atoms with van der Waals surface area (Å²) in [6, 6.07) is 0. The number of nitrogens with one attached hydrogen (secondary N) is 1. The first-order chi connectivity index (χ1) is 8.21. The van der Waals surface area contributed by atoms with Crippen molar-refractivity contribution in [2.75, 3.05) is 19.8 Å². The number of alkyl halides is 3. The molecule has 0 aliphatic rings. The molecule has 0 amide bonds. The van der Waals surface area contributed by atoms with E-state index in [2.05, 4.69) is 26.1 Å². The summed E-state index contributed by atoms with van der Waals surface area (Å²) in [6.07, 6.45) is -0.905. The van der Waals surface area contributed by atoms with E-state index in [1.165, 1.54) is 0 Å². The van der Waals surface area contributed by atoms with Crippen LogP contribution in [0.1, 0.15) is 52.9 Å². The third kappa shape index (κ3) is 15.7. The van der Waals surface area contributed by atoms with Crippen LogP contribution in [0.2, 0.25) is 0 Å². The van der Waals surface area contributed by atoms with Gasteiger partial charge in [-0.25, -0.2) is 0 Å². The molecule has 5 heteroatoms. The van der Waals surface area contributed by atoms with Crippen LogP contribution < -0.4 is 5.32 Å². The summed E-state index contributed by atoms with van der Waals surface area (Å²) in [5.41, 5.74) is 0.153. The van der Waals surface area contributed by atoms with E-state index in [0.29, 0.717) is 6.61 Å². The van der Waals surface area contributed by atoms with Crippen LogP contribution in [0.5, 0.6) is 0 Å². The van der Waals surface area contributed by atoms with Crippen molar-refractivity contribution in [3.63, 3.8) is 0 Å². The van der Waals surface area contributed by atoms with Crippen molar-refractivity contribution in [3.05, 3.63) is 0 Å². The monoisotopic (exact) mass is 269 g/mol. The summed E-state index contributed by atoms with van der Waals surface area (Å²) in [5, 5.41) is 3.39. The fourth-order valence-electron chi connectivity index (χ4n) is 1.44. The largest absolute Gasteiger partial charge is 0.391 e. The molecular weight excluding hydrogens is 243 g/mol. The van der Waals surface area contributed by atoms with Gasteiger partial charge in [0.1, 0.15) is 0 Å². The van der Waals surface area contributed by atoms with Crippen LogP contribution in [0.4, 0.5) is 13.2 Å². The molecule has 2 nitrogen and oxygen atoms in total. The van der Waals surface area contributed by atoms with Crippen LogP contribution in [0.15, 0.2) is 0 Å². The molecule has 0 aliphatic carbocycles. The lowest BCUT2D eigenvalue weighted by atomic mass is 10.1. The van der Waals surface area contributed by atoms with Crippen LogP contribution in [0, 0.1) is 0 Å². The van der Waals surface area contributed by atoms with Crippen molar-refractivity contribution in [3.8, 4) is 0 Å². The normalized spacial score (nSPS) is 13.0. The number of halogens is 3. The Balaban J connectivity index is 3.13. The van der Waals surface area contributed by atoms with Crippen molar-refractivity contribution in [2.24, 2.45) is 0 Å². The fraction of sp³-hybridized carbons (Fsp3) is 1.00. The number of unbranched alkanes of at least 4 members (excludes halogenated alkanes) is 3. The molecule has 0 aromatic carbocycles. The number of rotatable bonds is 9. The van der Waals surface area contributed by atoms with Gasteiger partial charge in [0, 0.05) is 12.1 Å². The second kappa shape index (κ2) is 8.75. The van der Waals surface area contributed by atoms with Crippen LogP contribution in [0.3, 0.4) is 0 Å². The van der Waals surface area contributed by atoms with Gasteiger partial charge in [-0.2, -0.15) is 13.2 Å². The SMILES string of the molecule is CC(C)(C)NCCCCCCOCCC(F)(F)F. The van der Waals surface area contributed by atoms with Crippen molar-refractivity contribution < 1.29 is 17.9 Å². The minimum absolute atomic E-state index is 0.153. The Morgan fingerprint density at radius 1 is 0.889 bits per heavy atom. The minimum atomic E-state index is -4.10. The first-order valence-electron chi connectivity index (χ1n) is 6.60. The molecule has 0 fully saturated rings. The van der Waals surface area contributed by atoms with Gasteiger partial charge in [0.05, 0.1) is 13.0 Å².